The van der Waals surface area contributed by atoms with E-state index in [0.29, 0.717) is 25.3 Å². The van der Waals surface area contributed by atoms with E-state index in [1.165, 1.54) is 5.56 Å². The molecule has 1 fully saturated rings. The van der Waals surface area contributed by atoms with E-state index in [1.807, 2.05) is 47.4 Å². The van der Waals surface area contributed by atoms with E-state index in [1.54, 1.807) is 0 Å². The van der Waals surface area contributed by atoms with E-state index in [9.17, 15) is 14.4 Å². The third-order valence-electron chi connectivity index (χ3n) is 7.32. The summed E-state index contributed by atoms with van der Waals surface area (Å²) in [6.07, 6.45) is 5.73. The number of rotatable bonds is 7. The molecule has 3 aliphatic rings. The lowest BCUT2D eigenvalue weighted by Gasteiger charge is -2.31. The molecule has 1 saturated heterocycles. The van der Waals surface area contributed by atoms with Crippen LogP contribution in [0, 0.1) is 5.92 Å². The number of amides is 1. The lowest BCUT2D eigenvalue weighted by Crippen LogP contribution is -2.37. The Bertz CT molecular complexity index is 1040. The SMILES string of the molecule is Cl.O=C(CCC1CCN(CC(=O)c2ccccc2)CC1)c1cc2c3c(c1)CCN3C(=O)CC2. The predicted molar refractivity (Wildman–Crippen MR) is 132 cm³/mol. The highest BCUT2D eigenvalue weighted by Crippen LogP contribution is 2.38. The van der Waals surface area contributed by atoms with Gasteiger partial charge in [-0.2, -0.15) is 0 Å². The zero-order valence-electron chi connectivity index (χ0n) is 18.9. The number of piperidine rings is 1. The highest BCUT2D eigenvalue weighted by atomic mass is 35.5. The van der Waals surface area contributed by atoms with Crippen molar-refractivity contribution < 1.29 is 14.4 Å². The summed E-state index contributed by atoms with van der Waals surface area (Å²) in [5, 5.41) is 0. The Morgan fingerprint density at radius 1 is 0.848 bits per heavy atom. The van der Waals surface area contributed by atoms with Crippen molar-refractivity contribution in [2.24, 2.45) is 5.92 Å². The van der Waals surface area contributed by atoms with Crippen LogP contribution in [0.5, 0.6) is 0 Å². The third kappa shape index (κ3) is 5.04. The minimum absolute atomic E-state index is 0. The van der Waals surface area contributed by atoms with Crippen LogP contribution in [-0.2, 0) is 17.6 Å². The number of carbonyl (C=O) groups excluding carboxylic acids is 3. The lowest BCUT2D eigenvalue weighted by molar-refractivity contribution is -0.118. The average molecular weight is 467 g/mol. The normalized spacial score (nSPS) is 18.1. The van der Waals surface area contributed by atoms with E-state index >= 15 is 0 Å². The molecule has 5 nitrogen and oxygen atoms in total. The highest BCUT2D eigenvalue weighted by Gasteiger charge is 2.32. The zero-order valence-corrected chi connectivity index (χ0v) is 19.7. The van der Waals surface area contributed by atoms with Gasteiger partial charge in [-0.3, -0.25) is 19.3 Å². The zero-order chi connectivity index (χ0) is 22.1. The number of hydrogen-bond donors (Lipinski definition) is 0. The van der Waals surface area contributed by atoms with E-state index in [-0.39, 0.29) is 29.9 Å². The van der Waals surface area contributed by atoms with Crippen molar-refractivity contribution in [3.05, 3.63) is 64.7 Å². The second-order valence-corrected chi connectivity index (χ2v) is 9.41. The van der Waals surface area contributed by atoms with Gasteiger partial charge in [0.15, 0.2) is 11.6 Å². The number of Topliss-reactive ketones (excluding diaryl/α,β-unsaturated/α-hetero) is 2. The van der Waals surface area contributed by atoms with Crippen LogP contribution in [0.4, 0.5) is 5.69 Å². The monoisotopic (exact) mass is 466 g/mol. The van der Waals surface area contributed by atoms with Crippen LogP contribution in [0.15, 0.2) is 42.5 Å². The van der Waals surface area contributed by atoms with Crippen molar-refractivity contribution in [3.8, 4) is 0 Å². The summed E-state index contributed by atoms with van der Waals surface area (Å²) in [5.41, 5.74) is 5.01. The number of aryl methyl sites for hydroxylation is 1. The van der Waals surface area contributed by atoms with Gasteiger partial charge in [-0.15, -0.1) is 12.4 Å². The first-order valence-corrected chi connectivity index (χ1v) is 11.9. The molecule has 2 aromatic carbocycles. The molecule has 0 radical (unpaired) electrons. The first kappa shape index (κ1) is 23.7. The Hall–Kier alpha value is -2.50. The molecule has 3 heterocycles. The molecule has 0 spiro atoms. The number of likely N-dealkylation sites (tertiary alicyclic amines) is 1. The Balaban J connectivity index is 0.00000259. The van der Waals surface area contributed by atoms with Crippen LogP contribution in [0.3, 0.4) is 0 Å². The maximum atomic E-state index is 13.0. The molecule has 0 aromatic heterocycles. The maximum Gasteiger partial charge on any atom is 0.227 e. The fraction of sp³-hybridized carbons (Fsp3) is 0.444. The molecule has 3 aliphatic heterocycles. The van der Waals surface area contributed by atoms with Crippen molar-refractivity contribution in [1.82, 2.24) is 4.90 Å². The largest absolute Gasteiger partial charge is 0.312 e. The summed E-state index contributed by atoms with van der Waals surface area (Å²) < 4.78 is 0. The average Bonchev–Trinajstić information content (AvgIpc) is 3.27. The van der Waals surface area contributed by atoms with Crippen molar-refractivity contribution in [2.75, 3.05) is 31.1 Å². The Morgan fingerprint density at radius 2 is 1.55 bits per heavy atom. The van der Waals surface area contributed by atoms with Crippen LogP contribution in [-0.4, -0.2) is 48.6 Å². The molecule has 0 aliphatic carbocycles. The number of anilines is 1. The molecule has 1 amide bonds. The maximum absolute atomic E-state index is 13.0. The van der Waals surface area contributed by atoms with Crippen LogP contribution in [0.1, 0.15) is 63.9 Å². The summed E-state index contributed by atoms with van der Waals surface area (Å²) in [6, 6.07) is 13.6. The minimum atomic E-state index is 0. The van der Waals surface area contributed by atoms with E-state index in [4.69, 9.17) is 0 Å². The van der Waals surface area contributed by atoms with Crippen LogP contribution in [0.25, 0.3) is 0 Å². The topological polar surface area (TPSA) is 57.7 Å². The van der Waals surface area contributed by atoms with Gasteiger partial charge in [0, 0.05) is 30.5 Å². The van der Waals surface area contributed by atoms with E-state index in [0.717, 1.165) is 74.1 Å². The standard InChI is InChI=1S/C27H30N2O3.ClH/c30-24(23-16-21-7-9-26(32)29-15-12-22(17-23)27(21)29)8-6-19-10-13-28(14-11-19)18-25(31)20-4-2-1-3-5-20;/h1-5,16-17,19H,6-15,18H2;1H. The predicted octanol–water partition coefficient (Wildman–Crippen LogP) is 4.50. The van der Waals surface area contributed by atoms with Gasteiger partial charge in [0.05, 0.1) is 12.2 Å². The Kier molecular flexibility index (Phi) is 7.30. The number of halogens is 1. The van der Waals surface area contributed by atoms with Crippen molar-refractivity contribution in [1.29, 1.82) is 0 Å². The first-order valence-electron chi connectivity index (χ1n) is 11.9. The van der Waals surface area contributed by atoms with Crippen molar-refractivity contribution in [3.63, 3.8) is 0 Å². The molecule has 0 N–H and O–H groups in total. The fourth-order valence-electron chi connectivity index (χ4n) is 5.45. The summed E-state index contributed by atoms with van der Waals surface area (Å²) in [5.74, 6) is 1.16. The lowest BCUT2D eigenvalue weighted by atomic mass is 9.89. The Morgan fingerprint density at radius 3 is 2.27 bits per heavy atom. The molecule has 5 rings (SSSR count). The van der Waals surface area contributed by atoms with E-state index < -0.39 is 0 Å². The number of nitrogens with zero attached hydrogens (tertiary/aromatic N) is 2. The van der Waals surface area contributed by atoms with Gasteiger partial charge >= 0.3 is 0 Å². The van der Waals surface area contributed by atoms with Gasteiger partial charge in [-0.05, 0) is 74.4 Å². The number of hydrogen-bond acceptors (Lipinski definition) is 4. The van der Waals surface area contributed by atoms with Crippen molar-refractivity contribution >= 4 is 35.6 Å². The molecule has 6 heteroatoms. The van der Waals surface area contributed by atoms with Crippen molar-refractivity contribution in [2.45, 2.75) is 44.9 Å². The second-order valence-electron chi connectivity index (χ2n) is 9.41. The second kappa shape index (κ2) is 10.2. The number of benzene rings is 2. The molecule has 2 aromatic rings. The van der Waals surface area contributed by atoms with Gasteiger partial charge in [0.25, 0.3) is 0 Å². The molecular formula is C27H31ClN2O3. The highest BCUT2D eigenvalue weighted by molar-refractivity contribution is 6.02. The summed E-state index contributed by atoms with van der Waals surface area (Å²) >= 11 is 0. The van der Waals surface area contributed by atoms with E-state index in [2.05, 4.69) is 4.90 Å². The summed E-state index contributed by atoms with van der Waals surface area (Å²) in [6.45, 7) is 3.08. The molecular weight excluding hydrogens is 436 g/mol. The summed E-state index contributed by atoms with van der Waals surface area (Å²) in [7, 11) is 0. The molecule has 0 unspecified atom stereocenters. The molecule has 0 saturated carbocycles. The smallest absolute Gasteiger partial charge is 0.227 e. The van der Waals surface area contributed by atoms with Crippen LogP contribution < -0.4 is 4.90 Å². The Labute approximate surface area is 201 Å². The number of carbonyl (C=O) groups is 3. The first-order chi connectivity index (χ1) is 15.6. The quantitative estimate of drug-likeness (QED) is 0.564. The molecule has 0 atom stereocenters. The van der Waals surface area contributed by atoms with Crippen LogP contribution in [0.2, 0.25) is 0 Å². The fourth-order valence-corrected chi connectivity index (χ4v) is 5.45. The molecule has 0 bridgehead atoms. The minimum Gasteiger partial charge on any atom is -0.312 e. The molecule has 33 heavy (non-hydrogen) atoms. The summed E-state index contributed by atoms with van der Waals surface area (Å²) in [4.78, 5) is 41.6. The van der Waals surface area contributed by atoms with Crippen LogP contribution >= 0.6 is 12.4 Å². The third-order valence-corrected chi connectivity index (χ3v) is 7.32. The number of ketones is 2. The van der Waals surface area contributed by atoms with Gasteiger partial charge in [0.2, 0.25) is 5.91 Å². The van der Waals surface area contributed by atoms with Gasteiger partial charge in [0.1, 0.15) is 0 Å². The molecule has 174 valence electrons. The van der Waals surface area contributed by atoms with Gasteiger partial charge in [-0.25, -0.2) is 0 Å². The van der Waals surface area contributed by atoms with Gasteiger partial charge in [-0.1, -0.05) is 30.3 Å². The van der Waals surface area contributed by atoms with Gasteiger partial charge < -0.3 is 4.90 Å².